The fourth-order valence-corrected chi connectivity index (χ4v) is 1.95. The number of aliphatic hydroxyl groups excluding tert-OH is 1. The monoisotopic (exact) mass is 277 g/mol. The maximum absolute atomic E-state index is 9.46. The number of pyridine rings is 1. The summed E-state index contributed by atoms with van der Waals surface area (Å²) in [7, 11) is 0. The quantitative estimate of drug-likeness (QED) is 0.911. The number of halogens is 1. The molecule has 2 rings (SSSR count). The second kappa shape index (κ2) is 6.55. The largest absolute Gasteiger partial charge is 0.492 e. The van der Waals surface area contributed by atoms with Crippen molar-refractivity contribution in [1.82, 2.24) is 4.98 Å². The Hall–Kier alpha value is -1.58. The van der Waals surface area contributed by atoms with Crippen LogP contribution in [0.25, 0.3) is 0 Å². The Bertz CT molecular complexity index is 529. The van der Waals surface area contributed by atoms with E-state index in [0.717, 1.165) is 17.7 Å². The van der Waals surface area contributed by atoms with Crippen molar-refractivity contribution in [1.29, 1.82) is 0 Å². The van der Waals surface area contributed by atoms with E-state index in [4.69, 9.17) is 16.3 Å². The Morgan fingerprint density at radius 1 is 1.32 bits per heavy atom. The molecule has 1 aromatic carbocycles. The third-order valence-electron chi connectivity index (χ3n) is 2.78. The number of aliphatic hydroxyl groups is 1. The molecule has 0 saturated carbocycles. The molecule has 0 aliphatic heterocycles. The van der Waals surface area contributed by atoms with Gasteiger partial charge in [0.1, 0.15) is 5.75 Å². The lowest BCUT2D eigenvalue weighted by Crippen LogP contribution is -2.03. The van der Waals surface area contributed by atoms with Crippen molar-refractivity contribution in [3.8, 4) is 5.75 Å². The number of aromatic nitrogens is 1. The first kappa shape index (κ1) is 13.8. The van der Waals surface area contributed by atoms with E-state index in [0.29, 0.717) is 17.4 Å². The zero-order chi connectivity index (χ0) is 13.7. The molecule has 0 aliphatic carbocycles. The predicted octanol–water partition coefficient (Wildman–Crippen LogP) is 3.41. The maximum atomic E-state index is 9.46. The van der Waals surface area contributed by atoms with Gasteiger partial charge < -0.3 is 9.84 Å². The first-order valence-corrected chi connectivity index (χ1v) is 6.55. The van der Waals surface area contributed by atoms with Crippen LogP contribution >= 0.6 is 11.6 Å². The maximum Gasteiger partial charge on any atom is 0.137 e. The molecule has 0 radical (unpaired) electrons. The summed E-state index contributed by atoms with van der Waals surface area (Å²) in [6.45, 7) is 2.22. The summed E-state index contributed by atoms with van der Waals surface area (Å²) in [5.41, 5.74) is 1.77. The van der Waals surface area contributed by atoms with Crippen LogP contribution in [-0.4, -0.2) is 16.7 Å². The first-order valence-electron chi connectivity index (χ1n) is 6.17. The van der Waals surface area contributed by atoms with E-state index in [1.54, 1.807) is 25.3 Å². The summed E-state index contributed by atoms with van der Waals surface area (Å²) >= 11 is 6.10. The van der Waals surface area contributed by atoms with Crippen LogP contribution in [0.1, 0.15) is 24.3 Å². The van der Waals surface area contributed by atoms with Gasteiger partial charge in [0.25, 0.3) is 0 Å². The highest BCUT2D eigenvalue weighted by molar-refractivity contribution is 6.32. The molecule has 1 atom stereocenters. The van der Waals surface area contributed by atoms with Crippen LogP contribution in [0.4, 0.5) is 0 Å². The van der Waals surface area contributed by atoms with Gasteiger partial charge in [-0.25, -0.2) is 0 Å². The van der Waals surface area contributed by atoms with Gasteiger partial charge in [-0.2, -0.15) is 0 Å². The van der Waals surface area contributed by atoms with Gasteiger partial charge in [-0.1, -0.05) is 23.7 Å². The van der Waals surface area contributed by atoms with Gasteiger partial charge in [0.2, 0.25) is 0 Å². The average Bonchev–Trinajstić information content (AvgIpc) is 2.41. The van der Waals surface area contributed by atoms with Crippen molar-refractivity contribution in [3.63, 3.8) is 0 Å². The van der Waals surface area contributed by atoms with Crippen LogP contribution < -0.4 is 4.74 Å². The van der Waals surface area contributed by atoms with E-state index in [2.05, 4.69) is 4.98 Å². The summed E-state index contributed by atoms with van der Waals surface area (Å²) in [5, 5.41) is 9.97. The van der Waals surface area contributed by atoms with Crippen molar-refractivity contribution < 1.29 is 9.84 Å². The molecule has 2 aromatic rings. The Kier molecular flexibility index (Phi) is 4.77. The fourth-order valence-electron chi connectivity index (χ4n) is 1.71. The van der Waals surface area contributed by atoms with E-state index in [9.17, 15) is 5.11 Å². The van der Waals surface area contributed by atoms with Gasteiger partial charge in [-0.05, 0) is 36.8 Å². The van der Waals surface area contributed by atoms with Crippen molar-refractivity contribution in [2.24, 2.45) is 0 Å². The lowest BCUT2D eigenvalue weighted by atomic mass is 10.1. The number of ether oxygens (including phenoxy) is 1. The molecule has 4 heteroatoms. The molecule has 100 valence electrons. The first-order chi connectivity index (χ1) is 9.16. The standard InChI is InChI=1S/C15H16ClNO2/c1-11(18)12-5-6-15(14(16)10-12)19-9-7-13-4-2-3-8-17-13/h2-6,8,10-11,18H,7,9H2,1H3/t11-/m1/s1. The molecule has 1 aromatic heterocycles. The fraction of sp³-hybridized carbons (Fsp3) is 0.267. The zero-order valence-electron chi connectivity index (χ0n) is 10.7. The van der Waals surface area contributed by atoms with Gasteiger partial charge in [0.15, 0.2) is 0 Å². The highest BCUT2D eigenvalue weighted by Gasteiger charge is 2.06. The SMILES string of the molecule is C[C@@H](O)c1ccc(OCCc2ccccn2)c(Cl)c1. The second-order valence-corrected chi connectivity index (χ2v) is 4.69. The van der Waals surface area contributed by atoms with Gasteiger partial charge in [-0.15, -0.1) is 0 Å². The molecular formula is C15H16ClNO2. The minimum atomic E-state index is -0.528. The number of nitrogens with zero attached hydrogens (tertiary/aromatic N) is 1. The molecule has 0 fully saturated rings. The molecule has 3 nitrogen and oxygen atoms in total. The summed E-state index contributed by atoms with van der Waals surface area (Å²) in [6.07, 6.45) is 1.97. The van der Waals surface area contributed by atoms with E-state index in [1.807, 2.05) is 24.3 Å². The van der Waals surface area contributed by atoms with Crippen LogP contribution in [0.2, 0.25) is 5.02 Å². The van der Waals surface area contributed by atoms with Gasteiger partial charge in [0.05, 0.1) is 17.7 Å². The molecule has 0 unspecified atom stereocenters. The summed E-state index contributed by atoms with van der Waals surface area (Å²) in [5.74, 6) is 0.627. The van der Waals surface area contributed by atoms with Crippen molar-refractivity contribution in [2.45, 2.75) is 19.4 Å². The Morgan fingerprint density at radius 3 is 2.79 bits per heavy atom. The molecule has 0 amide bonds. The third kappa shape index (κ3) is 3.94. The van der Waals surface area contributed by atoms with Crippen LogP contribution in [0, 0.1) is 0 Å². The molecule has 1 N–H and O–H groups in total. The Morgan fingerprint density at radius 2 is 2.16 bits per heavy atom. The highest BCUT2D eigenvalue weighted by Crippen LogP contribution is 2.27. The van der Waals surface area contributed by atoms with E-state index in [-0.39, 0.29) is 0 Å². The minimum absolute atomic E-state index is 0.513. The molecule has 1 heterocycles. The van der Waals surface area contributed by atoms with Gasteiger partial charge >= 0.3 is 0 Å². The van der Waals surface area contributed by atoms with Crippen molar-refractivity contribution in [2.75, 3.05) is 6.61 Å². The zero-order valence-corrected chi connectivity index (χ0v) is 11.5. The normalized spacial score (nSPS) is 12.2. The van der Waals surface area contributed by atoms with Crippen molar-refractivity contribution >= 4 is 11.6 Å². The number of benzene rings is 1. The summed E-state index contributed by atoms with van der Waals surface area (Å²) < 4.78 is 5.62. The molecular weight excluding hydrogens is 262 g/mol. The lowest BCUT2D eigenvalue weighted by Gasteiger charge is -2.10. The van der Waals surface area contributed by atoms with E-state index < -0.39 is 6.10 Å². The third-order valence-corrected chi connectivity index (χ3v) is 3.08. The van der Waals surface area contributed by atoms with Crippen LogP contribution in [-0.2, 0) is 6.42 Å². The van der Waals surface area contributed by atoms with Crippen LogP contribution in [0.15, 0.2) is 42.6 Å². The smallest absolute Gasteiger partial charge is 0.137 e. The molecule has 0 spiro atoms. The number of hydrogen-bond donors (Lipinski definition) is 1. The average molecular weight is 278 g/mol. The minimum Gasteiger partial charge on any atom is -0.492 e. The van der Waals surface area contributed by atoms with Gasteiger partial charge in [0, 0.05) is 18.3 Å². The molecule has 0 saturated heterocycles. The van der Waals surface area contributed by atoms with E-state index in [1.165, 1.54) is 0 Å². The lowest BCUT2D eigenvalue weighted by molar-refractivity contribution is 0.199. The number of rotatable bonds is 5. The summed E-state index contributed by atoms with van der Waals surface area (Å²) in [6, 6.07) is 11.1. The van der Waals surface area contributed by atoms with Gasteiger partial charge in [-0.3, -0.25) is 4.98 Å². The predicted molar refractivity (Wildman–Crippen MR) is 75.5 cm³/mol. The molecule has 19 heavy (non-hydrogen) atoms. The number of hydrogen-bond acceptors (Lipinski definition) is 3. The summed E-state index contributed by atoms with van der Waals surface area (Å²) in [4.78, 5) is 4.22. The van der Waals surface area contributed by atoms with Crippen LogP contribution in [0.5, 0.6) is 5.75 Å². The Balaban J connectivity index is 1.93. The molecule has 0 bridgehead atoms. The highest BCUT2D eigenvalue weighted by atomic mass is 35.5. The van der Waals surface area contributed by atoms with E-state index >= 15 is 0 Å². The molecule has 0 aliphatic rings. The topological polar surface area (TPSA) is 42.4 Å². The Labute approximate surface area is 117 Å². The second-order valence-electron chi connectivity index (χ2n) is 4.29. The van der Waals surface area contributed by atoms with Crippen molar-refractivity contribution in [3.05, 3.63) is 58.9 Å². The van der Waals surface area contributed by atoms with Crippen LogP contribution in [0.3, 0.4) is 0 Å².